The van der Waals surface area contributed by atoms with E-state index in [2.05, 4.69) is 0 Å². The molecule has 0 amide bonds. The molecule has 1 saturated carbocycles. The zero-order valence-electron chi connectivity index (χ0n) is 9.24. The molecule has 1 aliphatic rings. The van der Waals surface area contributed by atoms with Crippen LogP contribution < -0.4 is 0 Å². The summed E-state index contributed by atoms with van der Waals surface area (Å²) < 4.78 is 25.6. The summed E-state index contributed by atoms with van der Waals surface area (Å²) in [5.74, 6) is -1.70. The van der Waals surface area contributed by atoms with Crippen molar-refractivity contribution in [2.75, 3.05) is 0 Å². The van der Waals surface area contributed by atoms with Crippen molar-refractivity contribution in [1.82, 2.24) is 0 Å². The third-order valence-electron chi connectivity index (χ3n) is 2.62. The van der Waals surface area contributed by atoms with Gasteiger partial charge < -0.3 is 0 Å². The highest BCUT2D eigenvalue weighted by molar-refractivity contribution is 4.79. The lowest BCUT2D eigenvalue weighted by Gasteiger charge is -2.31. The van der Waals surface area contributed by atoms with Gasteiger partial charge in [-0.3, -0.25) is 0 Å². The van der Waals surface area contributed by atoms with Gasteiger partial charge >= 0.3 is 0 Å². The molecule has 0 bridgehead atoms. The second-order valence-corrected chi connectivity index (χ2v) is 3.96. The Labute approximate surface area is 80.7 Å². The molecule has 2 heteroatoms. The minimum Gasteiger partial charge on any atom is -0.207 e. The van der Waals surface area contributed by atoms with Crippen molar-refractivity contribution in [3.8, 4) is 0 Å². The summed E-state index contributed by atoms with van der Waals surface area (Å²) in [6.07, 6.45) is 1.92. The molecule has 0 nitrogen and oxygen atoms in total. The predicted octanol–water partition coefficient (Wildman–Crippen LogP) is 4.49. The van der Waals surface area contributed by atoms with Gasteiger partial charge in [-0.15, -0.1) is 0 Å². The molecule has 0 radical (unpaired) electrons. The highest BCUT2D eigenvalue weighted by Gasteiger charge is 2.36. The highest BCUT2D eigenvalue weighted by atomic mass is 19.3. The summed E-state index contributed by atoms with van der Waals surface area (Å²) in [5, 5.41) is 0. The van der Waals surface area contributed by atoms with Gasteiger partial charge in [-0.2, -0.15) is 0 Å². The van der Waals surface area contributed by atoms with Crippen molar-refractivity contribution in [3.05, 3.63) is 0 Å². The molecular weight excluding hydrogens is 170 g/mol. The Kier molecular flexibility index (Phi) is 5.50. The van der Waals surface area contributed by atoms with Crippen LogP contribution in [0.5, 0.6) is 0 Å². The number of rotatable bonds is 1. The van der Waals surface area contributed by atoms with E-state index < -0.39 is 5.92 Å². The normalized spacial score (nSPS) is 26.5. The Bertz CT molecular complexity index is 130. The first-order valence-electron chi connectivity index (χ1n) is 5.39. The summed E-state index contributed by atoms with van der Waals surface area (Å²) in [6.45, 7) is 8.07. The van der Waals surface area contributed by atoms with Crippen molar-refractivity contribution >= 4 is 0 Å². The minimum atomic E-state index is -2.37. The minimum absolute atomic E-state index is 0.107. The van der Waals surface area contributed by atoms with E-state index in [1.807, 2.05) is 27.7 Å². The van der Waals surface area contributed by atoms with Crippen LogP contribution in [0.15, 0.2) is 0 Å². The lowest BCUT2D eigenvalue weighted by atomic mass is 9.80. The van der Waals surface area contributed by atoms with E-state index in [9.17, 15) is 8.78 Å². The molecule has 1 atom stereocenters. The van der Waals surface area contributed by atoms with Crippen LogP contribution in [0.2, 0.25) is 0 Å². The van der Waals surface area contributed by atoms with Crippen molar-refractivity contribution < 1.29 is 8.78 Å². The van der Waals surface area contributed by atoms with Crippen LogP contribution in [-0.4, -0.2) is 5.92 Å². The molecule has 0 aromatic rings. The molecule has 13 heavy (non-hydrogen) atoms. The van der Waals surface area contributed by atoms with Gasteiger partial charge in [0.15, 0.2) is 0 Å². The maximum absolute atomic E-state index is 12.8. The first-order valence-corrected chi connectivity index (χ1v) is 5.39. The van der Waals surface area contributed by atoms with Crippen molar-refractivity contribution in [2.24, 2.45) is 11.8 Å². The molecule has 1 unspecified atom stereocenters. The number of hydrogen-bond donors (Lipinski definition) is 0. The van der Waals surface area contributed by atoms with Crippen molar-refractivity contribution in [3.63, 3.8) is 0 Å². The standard InChI is InChI=1S/C9H16F2.C2H6/c1-7(2)8-4-3-5-9(10,11)6-8;1-2/h7-8H,3-6H2,1-2H3;1-2H3. The molecule has 0 saturated heterocycles. The first-order chi connectivity index (χ1) is 6.01. The maximum Gasteiger partial charge on any atom is 0.248 e. The Balaban J connectivity index is 0.000000671. The summed E-state index contributed by atoms with van der Waals surface area (Å²) in [6, 6.07) is 0. The largest absolute Gasteiger partial charge is 0.248 e. The SMILES string of the molecule is CC.CC(C)C1CCCC(F)(F)C1. The van der Waals surface area contributed by atoms with Gasteiger partial charge in [0.2, 0.25) is 5.92 Å². The Morgan fingerprint density at radius 3 is 2.08 bits per heavy atom. The average Bonchev–Trinajstić information content (AvgIpc) is 2.06. The summed E-state index contributed by atoms with van der Waals surface area (Å²) in [7, 11) is 0. The maximum atomic E-state index is 12.8. The fraction of sp³-hybridized carbons (Fsp3) is 1.00. The zero-order valence-corrected chi connectivity index (χ0v) is 9.24. The molecule has 0 heterocycles. The van der Waals surface area contributed by atoms with E-state index in [1.54, 1.807) is 0 Å². The van der Waals surface area contributed by atoms with Crippen molar-refractivity contribution in [1.29, 1.82) is 0 Å². The van der Waals surface area contributed by atoms with Gasteiger partial charge in [0.05, 0.1) is 0 Å². The second-order valence-electron chi connectivity index (χ2n) is 3.96. The molecule has 0 aromatic carbocycles. The first kappa shape index (κ1) is 12.9. The molecule has 0 N–H and O–H groups in total. The lowest BCUT2D eigenvalue weighted by molar-refractivity contribution is -0.0595. The fourth-order valence-corrected chi connectivity index (χ4v) is 1.78. The molecule has 1 aliphatic carbocycles. The molecule has 0 aliphatic heterocycles. The van der Waals surface area contributed by atoms with Crippen LogP contribution in [0.1, 0.15) is 53.4 Å². The van der Waals surface area contributed by atoms with Crippen LogP contribution in [0.4, 0.5) is 8.78 Å². The van der Waals surface area contributed by atoms with Gasteiger partial charge in [-0.25, -0.2) is 8.78 Å². The smallest absolute Gasteiger partial charge is 0.207 e. The van der Waals surface area contributed by atoms with E-state index >= 15 is 0 Å². The van der Waals surface area contributed by atoms with Crippen LogP contribution in [0.3, 0.4) is 0 Å². The lowest BCUT2D eigenvalue weighted by Crippen LogP contribution is -2.28. The van der Waals surface area contributed by atoms with Gasteiger partial charge in [0.1, 0.15) is 0 Å². The summed E-state index contributed by atoms with van der Waals surface area (Å²) in [4.78, 5) is 0. The van der Waals surface area contributed by atoms with E-state index in [0.29, 0.717) is 12.3 Å². The number of halogens is 2. The molecule has 80 valence electrons. The van der Waals surface area contributed by atoms with E-state index in [-0.39, 0.29) is 18.8 Å². The molecule has 1 rings (SSSR count). The van der Waals surface area contributed by atoms with Crippen LogP contribution >= 0.6 is 0 Å². The molecule has 1 fully saturated rings. The zero-order chi connectivity index (χ0) is 10.5. The van der Waals surface area contributed by atoms with Crippen LogP contribution in [0.25, 0.3) is 0 Å². The van der Waals surface area contributed by atoms with Gasteiger partial charge in [0, 0.05) is 12.8 Å². The Morgan fingerprint density at radius 2 is 1.77 bits per heavy atom. The highest BCUT2D eigenvalue weighted by Crippen LogP contribution is 2.39. The van der Waals surface area contributed by atoms with E-state index in [4.69, 9.17) is 0 Å². The Morgan fingerprint density at radius 1 is 1.23 bits per heavy atom. The quantitative estimate of drug-likeness (QED) is 0.574. The molecule has 0 spiro atoms. The van der Waals surface area contributed by atoms with Crippen molar-refractivity contribution in [2.45, 2.75) is 59.3 Å². The van der Waals surface area contributed by atoms with Gasteiger partial charge in [0.25, 0.3) is 0 Å². The number of hydrogen-bond acceptors (Lipinski definition) is 0. The van der Waals surface area contributed by atoms with E-state index in [1.165, 1.54) is 0 Å². The van der Waals surface area contributed by atoms with Crippen LogP contribution in [-0.2, 0) is 0 Å². The Hall–Kier alpha value is -0.140. The molecule has 0 aromatic heterocycles. The summed E-state index contributed by atoms with van der Waals surface area (Å²) in [5.41, 5.74) is 0. The van der Waals surface area contributed by atoms with Gasteiger partial charge in [-0.1, -0.05) is 27.7 Å². The average molecular weight is 192 g/mol. The number of alkyl halides is 2. The van der Waals surface area contributed by atoms with Crippen LogP contribution in [0, 0.1) is 11.8 Å². The monoisotopic (exact) mass is 192 g/mol. The summed E-state index contributed by atoms with van der Waals surface area (Å²) >= 11 is 0. The third kappa shape index (κ3) is 4.58. The predicted molar refractivity (Wildman–Crippen MR) is 53.1 cm³/mol. The second kappa shape index (κ2) is 5.56. The molecular formula is C11H22F2. The van der Waals surface area contributed by atoms with E-state index in [0.717, 1.165) is 6.42 Å². The topological polar surface area (TPSA) is 0 Å². The fourth-order valence-electron chi connectivity index (χ4n) is 1.78. The van der Waals surface area contributed by atoms with Gasteiger partial charge in [-0.05, 0) is 24.7 Å². The third-order valence-corrected chi connectivity index (χ3v) is 2.62.